The average molecular weight is 181 g/mol. The van der Waals surface area contributed by atoms with Crippen molar-refractivity contribution in [1.82, 2.24) is 5.32 Å². The zero-order valence-corrected chi connectivity index (χ0v) is 9.14. The Balaban J connectivity index is 4.36. The quantitative estimate of drug-likeness (QED) is 0.652. The molecule has 0 spiro atoms. The zero-order chi connectivity index (χ0) is 10.5. The number of rotatable bonds is 2. The van der Waals surface area contributed by atoms with Gasteiger partial charge in [0.15, 0.2) is 0 Å². The van der Waals surface area contributed by atoms with Crippen LogP contribution >= 0.6 is 0 Å². The van der Waals surface area contributed by atoms with Crippen LogP contribution in [0.25, 0.3) is 0 Å². The van der Waals surface area contributed by atoms with Gasteiger partial charge in [0.2, 0.25) is 5.91 Å². The van der Waals surface area contributed by atoms with Gasteiger partial charge in [-0.05, 0) is 19.9 Å². The molecule has 0 atom stereocenters. The molecule has 13 heavy (non-hydrogen) atoms. The lowest BCUT2D eigenvalue weighted by Gasteiger charge is -2.17. The number of carbonyl (C=O) groups excluding carboxylic acids is 1. The number of carbonyl (C=O) groups is 1. The van der Waals surface area contributed by atoms with Crippen LogP contribution in [0.2, 0.25) is 0 Å². The van der Waals surface area contributed by atoms with Crippen LogP contribution in [0.15, 0.2) is 23.9 Å². The number of hydrogen-bond acceptors (Lipinski definition) is 1. The third-order valence-corrected chi connectivity index (χ3v) is 1.60. The van der Waals surface area contributed by atoms with Crippen molar-refractivity contribution in [2.45, 2.75) is 34.6 Å². The molecule has 0 radical (unpaired) electrons. The van der Waals surface area contributed by atoms with Crippen molar-refractivity contribution >= 4 is 5.91 Å². The third-order valence-electron chi connectivity index (χ3n) is 1.60. The van der Waals surface area contributed by atoms with E-state index in [-0.39, 0.29) is 11.3 Å². The lowest BCUT2D eigenvalue weighted by Crippen LogP contribution is -2.33. The second-order valence-corrected chi connectivity index (χ2v) is 3.95. The molecular weight excluding hydrogens is 162 g/mol. The fraction of sp³-hybridized carbons (Fsp3) is 0.545. The van der Waals surface area contributed by atoms with E-state index in [1.807, 2.05) is 52.8 Å². The summed E-state index contributed by atoms with van der Waals surface area (Å²) in [5, 5.41) is 2.84. The van der Waals surface area contributed by atoms with Gasteiger partial charge in [-0.3, -0.25) is 4.79 Å². The molecule has 0 heterocycles. The smallest absolute Gasteiger partial charge is 0.229 e. The van der Waals surface area contributed by atoms with Gasteiger partial charge >= 0.3 is 0 Å². The molecule has 0 aromatic rings. The van der Waals surface area contributed by atoms with Gasteiger partial charge < -0.3 is 5.32 Å². The maximum Gasteiger partial charge on any atom is 0.229 e. The summed E-state index contributed by atoms with van der Waals surface area (Å²) in [7, 11) is 0. The van der Waals surface area contributed by atoms with Gasteiger partial charge in [-0.25, -0.2) is 0 Å². The summed E-state index contributed by atoms with van der Waals surface area (Å²) in [5.74, 6) is 0.0405. The van der Waals surface area contributed by atoms with E-state index in [2.05, 4.69) is 5.32 Å². The van der Waals surface area contributed by atoms with E-state index in [9.17, 15) is 4.79 Å². The van der Waals surface area contributed by atoms with Crippen molar-refractivity contribution in [2.24, 2.45) is 5.41 Å². The number of hydrogen-bond donors (Lipinski definition) is 1. The molecule has 2 nitrogen and oxygen atoms in total. The van der Waals surface area contributed by atoms with Gasteiger partial charge in [0.25, 0.3) is 0 Å². The normalized spacial score (nSPS) is 13.5. The van der Waals surface area contributed by atoms with Crippen LogP contribution in [0.5, 0.6) is 0 Å². The summed E-state index contributed by atoms with van der Waals surface area (Å²) in [4.78, 5) is 11.5. The van der Waals surface area contributed by atoms with Crippen molar-refractivity contribution in [3.05, 3.63) is 23.9 Å². The maximum absolute atomic E-state index is 11.5. The topological polar surface area (TPSA) is 29.1 Å². The Kier molecular flexibility index (Phi) is 4.46. The minimum Gasteiger partial charge on any atom is -0.326 e. The van der Waals surface area contributed by atoms with Crippen LogP contribution in [0.3, 0.4) is 0 Å². The van der Waals surface area contributed by atoms with Crippen molar-refractivity contribution in [3.63, 3.8) is 0 Å². The Morgan fingerprint density at radius 1 is 1.23 bits per heavy atom. The van der Waals surface area contributed by atoms with Crippen LogP contribution in [0, 0.1) is 5.41 Å². The standard InChI is InChI=1S/C11H19NO/c1-6-8-9(7-2)12-10(13)11(3,4)5/h6-8H,1-5H3,(H,12,13)/b8-6-,9-7+. The van der Waals surface area contributed by atoms with Crippen LogP contribution in [0.1, 0.15) is 34.6 Å². The van der Waals surface area contributed by atoms with Crippen LogP contribution < -0.4 is 5.32 Å². The maximum atomic E-state index is 11.5. The molecule has 0 aliphatic rings. The lowest BCUT2D eigenvalue weighted by atomic mass is 9.95. The van der Waals surface area contributed by atoms with E-state index in [0.29, 0.717) is 0 Å². The predicted molar refractivity (Wildman–Crippen MR) is 56.2 cm³/mol. The Morgan fingerprint density at radius 3 is 2.08 bits per heavy atom. The highest BCUT2D eigenvalue weighted by Gasteiger charge is 2.20. The fourth-order valence-electron chi connectivity index (χ4n) is 0.708. The number of amides is 1. The summed E-state index contributed by atoms with van der Waals surface area (Å²) in [6.07, 6.45) is 5.66. The molecule has 0 aliphatic heterocycles. The minimum absolute atomic E-state index is 0.0405. The fourth-order valence-corrected chi connectivity index (χ4v) is 0.708. The molecule has 2 heteroatoms. The average Bonchev–Trinajstić information content (AvgIpc) is 2.01. The molecule has 74 valence electrons. The molecule has 0 aromatic heterocycles. The van der Waals surface area contributed by atoms with Crippen molar-refractivity contribution in [1.29, 1.82) is 0 Å². The van der Waals surface area contributed by atoms with Gasteiger partial charge in [0.05, 0.1) is 0 Å². The molecule has 1 amide bonds. The van der Waals surface area contributed by atoms with Gasteiger partial charge in [-0.2, -0.15) is 0 Å². The zero-order valence-electron chi connectivity index (χ0n) is 9.14. The highest BCUT2D eigenvalue weighted by molar-refractivity contribution is 5.83. The van der Waals surface area contributed by atoms with Crippen molar-refractivity contribution in [2.75, 3.05) is 0 Å². The van der Waals surface area contributed by atoms with Gasteiger partial charge in [-0.15, -0.1) is 0 Å². The highest BCUT2D eigenvalue weighted by Crippen LogP contribution is 2.13. The predicted octanol–water partition coefficient (Wildman–Crippen LogP) is 2.63. The van der Waals surface area contributed by atoms with Crippen molar-refractivity contribution in [3.8, 4) is 0 Å². The van der Waals surface area contributed by atoms with E-state index in [1.54, 1.807) is 0 Å². The first-order valence-corrected chi connectivity index (χ1v) is 4.52. The third kappa shape index (κ3) is 4.51. The molecular formula is C11H19NO. The second kappa shape index (κ2) is 4.85. The lowest BCUT2D eigenvalue weighted by molar-refractivity contribution is -0.127. The molecule has 0 unspecified atom stereocenters. The number of nitrogens with one attached hydrogen (secondary N) is 1. The van der Waals surface area contributed by atoms with E-state index >= 15 is 0 Å². The van der Waals surface area contributed by atoms with Crippen LogP contribution in [0.4, 0.5) is 0 Å². The summed E-state index contributed by atoms with van der Waals surface area (Å²) < 4.78 is 0. The Morgan fingerprint density at radius 2 is 1.77 bits per heavy atom. The summed E-state index contributed by atoms with van der Waals surface area (Å²) in [5.41, 5.74) is 0.512. The monoisotopic (exact) mass is 181 g/mol. The van der Waals surface area contributed by atoms with Gasteiger partial charge in [-0.1, -0.05) is 32.9 Å². The molecule has 0 aromatic carbocycles. The molecule has 0 fully saturated rings. The summed E-state index contributed by atoms with van der Waals surface area (Å²) in [6, 6.07) is 0. The summed E-state index contributed by atoms with van der Waals surface area (Å²) in [6.45, 7) is 9.51. The van der Waals surface area contributed by atoms with Crippen LogP contribution in [-0.4, -0.2) is 5.91 Å². The Bertz CT molecular complexity index is 231. The SMILES string of the molecule is C/C=C\C(=C/C)NC(=O)C(C)(C)C. The van der Waals surface area contributed by atoms with E-state index in [0.717, 1.165) is 5.70 Å². The van der Waals surface area contributed by atoms with E-state index in [4.69, 9.17) is 0 Å². The summed E-state index contributed by atoms with van der Waals surface area (Å²) >= 11 is 0. The van der Waals surface area contributed by atoms with Gasteiger partial charge in [0, 0.05) is 11.1 Å². The molecule has 0 rings (SSSR count). The largest absolute Gasteiger partial charge is 0.326 e. The second-order valence-electron chi connectivity index (χ2n) is 3.95. The van der Waals surface area contributed by atoms with Crippen LogP contribution in [-0.2, 0) is 4.79 Å². The molecule has 0 saturated heterocycles. The molecule has 0 aliphatic carbocycles. The first-order chi connectivity index (χ1) is 5.91. The molecule has 1 N–H and O–H groups in total. The van der Waals surface area contributed by atoms with Gasteiger partial charge in [0.1, 0.15) is 0 Å². The Hall–Kier alpha value is -1.05. The first-order valence-electron chi connectivity index (χ1n) is 4.52. The Labute approximate surface area is 80.7 Å². The first kappa shape index (κ1) is 11.9. The highest BCUT2D eigenvalue weighted by atomic mass is 16.2. The molecule has 0 bridgehead atoms. The van der Waals surface area contributed by atoms with E-state index < -0.39 is 0 Å². The number of allylic oxidation sites excluding steroid dienone is 3. The van der Waals surface area contributed by atoms with Crippen molar-refractivity contribution < 1.29 is 4.79 Å². The van der Waals surface area contributed by atoms with E-state index in [1.165, 1.54) is 0 Å². The molecule has 0 saturated carbocycles. The minimum atomic E-state index is -0.337.